The monoisotopic (exact) mass is 352 g/mol. The highest BCUT2D eigenvalue weighted by Gasteiger charge is 2.22. The number of nitro benzene ring substituents is 1. The lowest BCUT2D eigenvalue weighted by Gasteiger charge is -2.25. The zero-order valence-electron chi connectivity index (χ0n) is 9.88. The van der Waals surface area contributed by atoms with Crippen molar-refractivity contribution in [1.82, 2.24) is 0 Å². The van der Waals surface area contributed by atoms with Crippen molar-refractivity contribution in [3.05, 3.63) is 31.6 Å². The summed E-state index contributed by atoms with van der Waals surface area (Å²) < 4.78 is 13.7. The predicted octanol–water partition coefficient (Wildman–Crippen LogP) is 3.94. The number of rotatable bonds is 4. The molecule has 0 aliphatic rings. The molecular formula is C11H14FIN2O2. The van der Waals surface area contributed by atoms with Gasteiger partial charge in [-0.2, -0.15) is 0 Å². The molecule has 0 atom stereocenters. The van der Waals surface area contributed by atoms with Crippen LogP contribution in [0, 0.1) is 19.5 Å². The summed E-state index contributed by atoms with van der Waals surface area (Å²) in [5.74, 6) is -0.453. The first-order valence-electron chi connectivity index (χ1n) is 5.18. The molecule has 0 saturated carbocycles. The van der Waals surface area contributed by atoms with Crippen LogP contribution in [-0.2, 0) is 0 Å². The smallest absolute Gasteiger partial charge is 0.293 e. The van der Waals surface area contributed by atoms with Gasteiger partial charge in [0, 0.05) is 17.7 Å². The normalized spacial score (nSPS) is 11.4. The van der Waals surface area contributed by atoms with Crippen LogP contribution in [-0.4, -0.2) is 10.5 Å². The molecule has 4 nitrogen and oxygen atoms in total. The van der Waals surface area contributed by atoms with Gasteiger partial charge in [-0.3, -0.25) is 10.1 Å². The van der Waals surface area contributed by atoms with Crippen LogP contribution in [0.5, 0.6) is 0 Å². The van der Waals surface area contributed by atoms with Crippen molar-refractivity contribution in [2.45, 2.75) is 32.7 Å². The first-order chi connectivity index (χ1) is 7.76. The molecule has 0 bridgehead atoms. The highest BCUT2D eigenvalue weighted by Crippen LogP contribution is 2.31. The van der Waals surface area contributed by atoms with Gasteiger partial charge in [0.15, 0.2) is 0 Å². The van der Waals surface area contributed by atoms with Gasteiger partial charge in [-0.05, 0) is 42.9 Å². The van der Waals surface area contributed by atoms with E-state index in [0.717, 1.165) is 6.42 Å². The summed E-state index contributed by atoms with van der Waals surface area (Å²) in [5, 5.41) is 13.9. The third kappa shape index (κ3) is 3.52. The van der Waals surface area contributed by atoms with E-state index in [0.29, 0.717) is 0 Å². The Bertz CT molecular complexity index is 449. The first-order valence-corrected chi connectivity index (χ1v) is 6.26. The van der Waals surface area contributed by atoms with E-state index in [1.54, 1.807) is 22.6 Å². The quantitative estimate of drug-likeness (QED) is 0.507. The number of nitro groups is 1. The lowest BCUT2D eigenvalue weighted by molar-refractivity contribution is -0.384. The second-order valence-electron chi connectivity index (χ2n) is 4.40. The van der Waals surface area contributed by atoms with E-state index in [1.165, 1.54) is 12.1 Å². The third-order valence-electron chi connectivity index (χ3n) is 2.59. The molecule has 1 aromatic carbocycles. The lowest BCUT2D eigenvalue weighted by atomic mass is 10.0. The van der Waals surface area contributed by atoms with Crippen LogP contribution in [0.4, 0.5) is 15.8 Å². The predicted molar refractivity (Wildman–Crippen MR) is 73.8 cm³/mol. The van der Waals surface area contributed by atoms with E-state index < -0.39 is 10.7 Å². The highest BCUT2D eigenvalue weighted by atomic mass is 127. The fraction of sp³-hybridized carbons (Fsp3) is 0.455. The van der Waals surface area contributed by atoms with Crippen LogP contribution < -0.4 is 5.32 Å². The standard InChI is InChI=1S/C11H14FIN2O2/c1-4-11(2,3)14-9-5-7(12)8(13)6-10(9)15(16)17/h5-6,14H,4H2,1-3H3. The van der Waals surface area contributed by atoms with E-state index in [-0.39, 0.29) is 20.5 Å². The summed E-state index contributed by atoms with van der Waals surface area (Å²) in [6.45, 7) is 5.78. The highest BCUT2D eigenvalue weighted by molar-refractivity contribution is 14.1. The average Bonchev–Trinajstić information content (AvgIpc) is 2.22. The Morgan fingerprint density at radius 3 is 2.59 bits per heavy atom. The van der Waals surface area contributed by atoms with Gasteiger partial charge in [0.05, 0.1) is 8.49 Å². The second kappa shape index (κ2) is 5.16. The molecule has 0 radical (unpaired) electrons. The topological polar surface area (TPSA) is 55.2 Å². The second-order valence-corrected chi connectivity index (χ2v) is 5.57. The molecule has 0 aromatic heterocycles. The van der Waals surface area contributed by atoms with E-state index in [1.807, 2.05) is 20.8 Å². The summed E-state index contributed by atoms with van der Waals surface area (Å²) in [4.78, 5) is 10.4. The fourth-order valence-corrected chi connectivity index (χ4v) is 1.69. The number of halogens is 2. The minimum absolute atomic E-state index is 0.0997. The number of nitrogens with one attached hydrogen (secondary N) is 1. The number of anilines is 1. The fourth-order valence-electron chi connectivity index (χ4n) is 1.24. The molecule has 17 heavy (non-hydrogen) atoms. The van der Waals surface area contributed by atoms with Crippen molar-refractivity contribution in [2.75, 3.05) is 5.32 Å². The van der Waals surface area contributed by atoms with Gasteiger partial charge in [0.1, 0.15) is 11.5 Å². The van der Waals surface area contributed by atoms with Gasteiger partial charge in [-0.15, -0.1) is 0 Å². The lowest BCUT2D eigenvalue weighted by Crippen LogP contribution is -2.30. The Balaban J connectivity index is 3.22. The zero-order valence-corrected chi connectivity index (χ0v) is 12.0. The Labute approximate surface area is 113 Å². The number of hydrogen-bond acceptors (Lipinski definition) is 3. The summed E-state index contributed by atoms with van der Waals surface area (Å²) >= 11 is 1.74. The van der Waals surface area contributed by atoms with Gasteiger partial charge in [0.25, 0.3) is 5.69 Å². The SMILES string of the molecule is CCC(C)(C)Nc1cc(F)c(I)cc1[N+](=O)[O-]. The Kier molecular flexibility index (Phi) is 4.29. The average molecular weight is 352 g/mol. The van der Waals surface area contributed by atoms with E-state index in [4.69, 9.17) is 0 Å². The molecule has 0 heterocycles. The summed E-state index contributed by atoms with van der Waals surface area (Å²) in [7, 11) is 0. The van der Waals surface area contributed by atoms with Crippen molar-refractivity contribution in [1.29, 1.82) is 0 Å². The van der Waals surface area contributed by atoms with Gasteiger partial charge in [-0.1, -0.05) is 6.92 Å². The van der Waals surface area contributed by atoms with Crippen molar-refractivity contribution >= 4 is 34.0 Å². The van der Waals surface area contributed by atoms with Crippen LogP contribution in [0.2, 0.25) is 0 Å². The maximum atomic E-state index is 13.4. The van der Waals surface area contributed by atoms with Gasteiger partial charge in [0.2, 0.25) is 0 Å². The molecule has 6 heteroatoms. The maximum Gasteiger partial charge on any atom is 0.293 e. The van der Waals surface area contributed by atoms with Crippen molar-refractivity contribution in [3.63, 3.8) is 0 Å². The van der Waals surface area contributed by atoms with Crippen LogP contribution >= 0.6 is 22.6 Å². The largest absolute Gasteiger partial charge is 0.375 e. The molecule has 1 rings (SSSR count). The summed E-state index contributed by atoms with van der Waals surface area (Å²) in [5.41, 5.74) is -0.193. The molecule has 94 valence electrons. The molecule has 0 amide bonds. The van der Waals surface area contributed by atoms with E-state index in [9.17, 15) is 14.5 Å². The molecule has 0 unspecified atom stereocenters. The van der Waals surface area contributed by atoms with Crippen LogP contribution in [0.15, 0.2) is 12.1 Å². The number of nitrogens with zero attached hydrogens (tertiary/aromatic N) is 1. The molecule has 0 aliphatic carbocycles. The van der Waals surface area contributed by atoms with Crippen LogP contribution in [0.25, 0.3) is 0 Å². The van der Waals surface area contributed by atoms with Crippen LogP contribution in [0.1, 0.15) is 27.2 Å². The Hall–Kier alpha value is -0.920. The summed E-state index contributed by atoms with van der Waals surface area (Å²) in [6, 6.07) is 2.42. The molecule has 1 N–H and O–H groups in total. The molecule has 0 fully saturated rings. The van der Waals surface area contributed by atoms with Crippen molar-refractivity contribution in [3.8, 4) is 0 Å². The number of hydrogen-bond donors (Lipinski definition) is 1. The van der Waals surface area contributed by atoms with E-state index >= 15 is 0 Å². The van der Waals surface area contributed by atoms with Gasteiger partial charge < -0.3 is 5.32 Å². The zero-order chi connectivity index (χ0) is 13.2. The molecular weight excluding hydrogens is 338 g/mol. The molecule has 0 spiro atoms. The molecule has 0 aliphatic heterocycles. The molecule has 1 aromatic rings. The minimum atomic E-state index is -0.504. The van der Waals surface area contributed by atoms with Gasteiger partial charge in [-0.25, -0.2) is 4.39 Å². The maximum absolute atomic E-state index is 13.4. The first kappa shape index (κ1) is 14.1. The molecule has 0 saturated heterocycles. The third-order valence-corrected chi connectivity index (χ3v) is 3.42. The minimum Gasteiger partial charge on any atom is -0.375 e. The van der Waals surface area contributed by atoms with Crippen molar-refractivity contribution < 1.29 is 9.31 Å². The Morgan fingerprint density at radius 2 is 2.12 bits per heavy atom. The number of benzene rings is 1. The summed E-state index contributed by atoms with van der Waals surface area (Å²) in [6.07, 6.45) is 0.776. The van der Waals surface area contributed by atoms with Crippen molar-refractivity contribution in [2.24, 2.45) is 0 Å². The van der Waals surface area contributed by atoms with E-state index in [2.05, 4.69) is 5.32 Å². The van der Waals surface area contributed by atoms with Gasteiger partial charge >= 0.3 is 0 Å². The Morgan fingerprint density at radius 1 is 1.53 bits per heavy atom. The van der Waals surface area contributed by atoms with Crippen LogP contribution in [0.3, 0.4) is 0 Å².